The Morgan fingerprint density at radius 1 is 1.64 bits per heavy atom. The molecule has 0 bridgehead atoms. The molecule has 1 aliphatic heterocycles. The molecule has 0 radical (unpaired) electrons. The molecule has 2 heterocycles. The van der Waals surface area contributed by atoms with Crippen molar-refractivity contribution in [2.45, 2.75) is 18.9 Å². The number of nitrogens with one attached hydrogen (secondary N) is 1. The second-order valence-electron chi connectivity index (χ2n) is 3.81. The summed E-state index contributed by atoms with van der Waals surface area (Å²) in [4.78, 5) is 0. The molecule has 0 amide bonds. The third-order valence-electron chi connectivity index (χ3n) is 2.47. The van der Waals surface area contributed by atoms with Crippen LogP contribution in [0.15, 0.2) is 12.4 Å². The third-order valence-corrected chi connectivity index (χ3v) is 3.75. The molecule has 1 aromatic heterocycles. The van der Waals surface area contributed by atoms with Crippen molar-refractivity contribution < 1.29 is 0 Å². The van der Waals surface area contributed by atoms with Crippen molar-refractivity contribution in [3.05, 3.63) is 18.0 Å². The van der Waals surface area contributed by atoms with Gasteiger partial charge in [-0.2, -0.15) is 16.9 Å². The predicted octanol–water partition coefficient (Wildman–Crippen LogP) is 1.06. The molecule has 1 N–H and O–H groups in total. The maximum Gasteiger partial charge on any atom is 0.0521 e. The summed E-state index contributed by atoms with van der Waals surface area (Å²) in [6, 6.07) is 0.786. The molecule has 2 rings (SSSR count). The van der Waals surface area contributed by atoms with Gasteiger partial charge in [0.25, 0.3) is 0 Å². The van der Waals surface area contributed by atoms with Crippen LogP contribution in [0.5, 0.6) is 0 Å². The van der Waals surface area contributed by atoms with Gasteiger partial charge in [-0.05, 0) is 24.9 Å². The van der Waals surface area contributed by atoms with Crippen LogP contribution in [-0.2, 0) is 13.5 Å². The lowest BCUT2D eigenvalue weighted by molar-refractivity contribution is 0.566. The minimum Gasteiger partial charge on any atom is -0.312 e. The molecule has 3 nitrogen and oxygen atoms in total. The minimum atomic E-state index is 0.786. The maximum absolute atomic E-state index is 4.15. The predicted molar refractivity (Wildman–Crippen MR) is 60.6 cm³/mol. The zero-order valence-corrected chi connectivity index (χ0v) is 9.39. The first-order valence-electron chi connectivity index (χ1n) is 5.13. The summed E-state index contributed by atoms with van der Waals surface area (Å²) in [5.74, 6) is 2.60. The summed E-state index contributed by atoms with van der Waals surface area (Å²) in [5.41, 5.74) is 1.34. The van der Waals surface area contributed by atoms with Gasteiger partial charge in [-0.1, -0.05) is 0 Å². The van der Waals surface area contributed by atoms with E-state index in [-0.39, 0.29) is 0 Å². The van der Waals surface area contributed by atoms with Crippen molar-refractivity contribution in [2.24, 2.45) is 7.05 Å². The van der Waals surface area contributed by atoms with E-state index >= 15 is 0 Å². The first kappa shape index (κ1) is 10.1. The summed E-state index contributed by atoms with van der Waals surface area (Å²) in [7, 11) is 1.97. The number of hydrogen-bond donors (Lipinski definition) is 1. The topological polar surface area (TPSA) is 29.9 Å². The molecule has 1 aliphatic rings. The van der Waals surface area contributed by atoms with Gasteiger partial charge in [0.2, 0.25) is 0 Å². The van der Waals surface area contributed by atoms with E-state index in [1.165, 1.54) is 23.5 Å². The highest BCUT2D eigenvalue weighted by molar-refractivity contribution is 8.00. The molecule has 14 heavy (non-hydrogen) atoms. The maximum atomic E-state index is 4.15. The highest BCUT2D eigenvalue weighted by Crippen LogP contribution is 2.16. The van der Waals surface area contributed by atoms with Crippen LogP contribution in [0.4, 0.5) is 0 Å². The van der Waals surface area contributed by atoms with Crippen LogP contribution in [0.1, 0.15) is 12.0 Å². The van der Waals surface area contributed by atoms with Crippen molar-refractivity contribution in [3.63, 3.8) is 0 Å². The van der Waals surface area contributed by atoms with Crippen LogP contribution in [0.25, 0.3) is 0 Å². The molecule has 0 unspecified atom stereocenters. The average Bonchev–Trinajstić information content (AvgIpc) is 2.48. The number of rotatable bonds is 5. The van der Waals surface area contributed by atoms with Crippen LogP contribution in [0.2, 0.25) is 0 Å². The lowest BCUT2D eigenvalue weighted by Gasteiger charge is -2.25. The van der Waals surface area contributed by atoms with E-state index in [1.54, 1.807) is 0 Å². The molecule has 0 spiro atoms. The van der Waals surface area contributed by atoms with E-state index < -0.39 is 0 Å². The fraction of sp³-hybridized carbons (Fsp3) is 0.700. The van der Waals surface area contributed by atoms with Gasteiger partial charge in [0.15, 0.2) is 0 Å². The molecule has 0 atom stereocenters. The van der Waals surface area contributed by atoms with Crippen LogP contribution >= 0.6 is 11.8 Å². The van der Waals surface area contributed by atoms with E-state index in [9.17, 15) is 0 Å². The zero-order valence-electron chi connectivity index (χ0n) is 8.57. The van der Waals surface area contributed by atoms with Gasteiger partial charge < -0.3 is 5.32 Å². The summed E-state index contributed by atoms with van der Waals surface area (Å²) in [5, 5.41) is 7.70. The first-order chi connectivity index (χ1) is 6.84. The molecular weight excluding hydrogens is 194 g/mol. The second-order valence-corrected chi connectivity index (χ2v) is 4.89. The SMILES string of the molecule is Cn1cc(CCCNC2CSC2)cn1. The molecule has 4 heteroatoms. The fourth-order valence-corrected chi connectivity index (χ4v) is 2.26. The lowest BCUT2D eigenvalue weighted by atomic mass is 10.2. The monoisotopic (exact) mass is 211 g/mol. The van der Waals surface area contributed by atoms with E-state index in [0.717, 1.165) is 19.0 Å². The molecule has 1 saturated heterocycles. The van der Waals surface area contributed by atoms with E-state index in [1.807, 2.05) is 29.7 Å². The van der Waals surface area contributed by atoms with Crippen LogP contribution in [0, 0.1) is 0 Å². The average molecular weight is 211 g/mol. The number of thioether (sulfide) groups is 1. The van der Waals surface area contributed by atoms with Gasteiger partial charge in [0, 0.05) is 30.8 Å². The molecule has 0 aromatic carbocycles. The third kappa shape index (κ3) is 2.75. The Bertz CT molecular complexity index is 281. The lowest BCUT2D eigenvalue weighted by Crippen LogP contribution is -2.40. The van der Waals surface area contributed by atoms with Crippen LogP contribution < -0.4 is 5.32 Å². The largest absolute Gasteiger partial charge is 0.312 e. The second kappa shape index (κ2) is 4.84. The first-order valence-corrected chi connectivity index (χ1v) is 6.29. The fourth-order valence-electron chi connectivity index (χ4n) is 1.55. The minimum absolute atomic E-state index is 0.786. The van der Waals surface area contributed by atoms with Crippen molar-refractivity contribution in [1.82, 2.24) is 15.1 Å². The number of aryl methyl sites for hydroxylation is 2. The Morgan fingerprint density at radius 2 is 2.50 bits per heavy atom. The Balaban J connectivity index is 1.58. The van der Waals surface area contributed by atoms with E-state index in [0.29, 0.717) is 0 Å². The standard InChI is InChI=1S/C10H17N3S/c1-13-6-9(5-12-13)3-2-4-11-10-7-14-8-10/h5-6,10-11H,2-4,7-8H2,1H3. The Labute approximate surface area is 89.3 Å². The summed E-state index contributed by atoms with van der Waals surface area (Å²) in [6.07, 6.45) is 6.41. The van der Waals surface area contributed by atoms with Crippen molar-refractivity contribution in [1.29, 1.82) is 0 Å². The normalized spacial score (nSPS) is 16.9. The van der Waals surface area contributed by atoms with Gasteiger partial charge in [0.05, 0.1) is 6.20 Å². The molecule has 0 aliphatic carbocycles. The van der Waals surface area contributed by atoms with E-state index in [4.69, 9.17) is 0 Å². The van der Waals surface area contributed by atoms with Gasteiger partial charge >= 0.3 is 0 Å². The molecular formula is C10H17N3S. The number of nitrogens with zero attached hydrogens (tertiary/aromatic N) is 2. The zero-order chi connectivity index (χ0) is 9.80. The van der Waals surface area contributed by atoms with Gasteiger partial charge in [-0.15, -0.1) is 0 Å². The molecule has 0 saturated carbocycles. The van der Waals surface area contributed by atoms with Crippen molar-refractivity contribution in [2.75, 3.05) is 18.1 Å². The summed E-state index contributed by atoms with van der Waals surface area (Å²) < 4.78 is 1.87. The Morgan fingerprint density at radius 3 is 3.07 bits per heavy atom. The van der Waals surface area contributed by atoms with Crippen LogP contribution in [0.3, 0.4) is 0 Å². The van der Waals surface area contributed by atoms with Crippen molar-refractivity contribution >= 4 is 11.8 Å². The van der Waals surface area contributed by atoms with Gasteiger partial charge in [0.1, 0.15) is 0 Å². The van der Waals surface area contributed by atoms with Crippen molar-refractivity contribution in [3.8, 4) is 0 Å². The van der Waals surface area contributed by atoms with Gasteiger partial charge in [-0.25, -0.2) is 0 Å². The van der Waals surface area contributed by atoms with Gasteiger partial charge in [-0.3, -0.25) is 4.68 Å². The quantitative estimate of drug-likeness (QED) is 0.739. The van der Waals surface area contributed by atoms with E-state index in [2.05, 4.69) is 16.6 Å². The smallest absolute Gasteiger partial charge is 0.0521 e. The summed E-state index contributed by atoms with van der Waals surface area (Å²) in [6.45, 7) is 1.14. The Hall–Kier alpha value is -0.480. The molecule has 1 fully saturated rings. The van der Waals surface area contributed by atoms with Crippen LogP contribution in [-0.4, -0.2) is 33.9 Å². The number of hydrogen-bond acceptors (Lipinski definition) is 3. The molecule has 78 valence electrons. The highest BCUT2D eigenvalue weighted by Gasteiger charge is 2.16. The Kier molecular flexibility index (Phi) is 3.48. The highest BCUT2D eigenvalue weighted by atomic mass is 32.2. The molecule has 1 aromatic rings. The summed E-state index contributed by atoms with van der Waals surface area (Å²) >= 11 is 2.03. The number of aromatic nitrogens is 2.